The topological polar surface area (TPSA) is 20.3 Å². The van der Waals surface area contributed by atoms with Gasteiger partial charge < -0.3 is 4.90 Å². The summed E-state index contributed by atoms with van der Waals surface area (Å²) in [7, 11) is 1.78. The zero-order chi connectivity index (χ0) is 7.98. The SMILES string of the molecule is CN(CCS)C(=O)CCS. The molecule has 0 aliphatic rings. The first-order valence-corrected chi connectivity index (χ1v) is 4.44. The third-order valence-corrected chi connectivity index (χ3v) is 1.61. The smallest absolute Gasteiger partial charge is 0.223 e. The third kappa shape index (κ3) is 4.06. The van der Waals surface area contributed by atoms with Crippen LogP contribution in [0.3, 0.4) is 0 Å². The van der Waals surface area contributed by atoms with Crippen LogP contribution in [-0.4, -0.2) is 35.9 Å². The van der Waals surface area contributed by atoms with E-state index in [2.05, 4.69) is 25.3 Å². The van der Waals surface area contributed by atoms with Crippen molar-refractivity contribution in [1.29, 1.82) is 0 Å². The van der Waals surface area contributed by atoms with E-state index in [1.54, 1.807) is 11.9 Å². The number of thiol groups is 2. The van der Waals surface area contributed by atoms with Crippen LogP contribution in [0, 0.1) is 0 Å². The molecule has 1 amide bonds. The van der Waals surface area contributed by atoms with Crippen molar-refractivity contribution in [2.75, 3.05) is 25.1 Å². The molecule has 0 aliphatic carbocycles. The van der Waals surface area contributed by atoms with Crippen LogP contribution in [-0.2, 0) is 4.79 Å². The zero-order valence-electron chi connectivity index (χ0n) is 6.08. The van der Waals surface area contributed by atoms with Gasteiger partial charge in [0.1, 0.15) is 0 Å². The lowest BCUT2D eigenvalue weighted by Crippen LogP contribution is -2.28. The Labute approximate surface area is 72.8 Å². The van der Waals surface area contributed by atoms with Gasteiger partial charge in [-0.25, -0.2) is 0 Å². The van der Waals surface area contributed by atoms with Gasteiger partial charge in [-0.15, -0.1) is 0 Å². The standard InChI is InChI=1S/C6H13NOS2/c1-7(3-5-10)6(8)2-4-9/h9-10H,2-5H2,1H3. The predicted octanol–water partition coefficient (Wildman–Crippen LogP) is 0.694. The van der Waals surface area contributed by atoms with Crippen molar-refractivity contribution in [2.24, 2.45) is 0 Å². The highest BCUT2D eigenvalue weighted by Crippen LogP contribution is 1.92. The Hall–Kier alpha value is 0.170. The third-order valence-electron chi connectivity index (χ3n) is 1.19. The molecule has 0 atom stereocenters. The van der Waals surface area contributed by atoms with E-state index in [1.165, 1.54) is 0 Å². The minimum Gasteiger partial charge on any atom is -0.345 e. The fourth-order valence-electron chi connectivity index (χ4n) is 0.561. The number of hydrogen-bond donors (Lipinski definition) is 2. The maximum absolute atomic E-state index is 11.0. The average Bonchev–Trinajstić information content (AvgIpc) is 1.89. The van der Waals surface area contributed by atoms with Gasteiger partial charge in [0.25, 0.3) is 0 Å². The van der Waals surface area contributed by atoms with Crippen molar-refractivity contribution in [2.45, 2.75) is 6.42 Å². The van der Waals surface area contributed by atoms with Gasteiger partial charge in [-0.05, 0) is 5.75 Å². The van der Waals surface area contributed by atoms with Crippen LogP contribution < -0.4 is 0 Å². The molecule has 10 heavy (non-hydrogen) atoms. The minimum absolute atomic E-state index is 0.143. The second-order valence-electron chi connectivity index (χ2n) is 2.01. The normalized spacial score (nSPS) is 9.50. The number of hydrogen-bond acceptors (Lipinski definition) is 3. The molecule has 4 heteroatoms. The van der Waals surface area contributed by atoms with Gasteiger partial charge in [0.2, 0.25) is 5.91 Å². The minimum atomic E-state index is 0.143. The molecule has 0 aromatic rings. The van der Waals surface area contributed by atoms with Crippen LogP contribution in [0.4, 0.5) is 0 Å². The monoisotopic (exact) mass is 179 g/mol. The molecule has 0 aromatic heterocycles. The van der Waals surface area contributed by atoms with Gasteiger partial charge in [0.05, 0.1) is 0 Å². The average molecular weight is 179 g/mol. The number of rotatable bonds is 4. The summed E-state index contributed by atoms with van der Waals surface area (Å²) in [4.78, 5) is 12.6. The van der Waals surface area contributed by atoms with E-state index < -0.39 is 0 Å². The Morgan fingerprint density at radius 3 is 2.40 bits per heavy atom. The molecule has 60 valence electrons. The van der Waals surface area contributed by atoms with Gasteiger partial charge in [0.15, 0.2) is 0 Å². The van der Waals surface area contributed by atoms with Crippen molar-refractivity contribution in [3.05, 3.63) is 0 Å². The lowest BCUT2D eigenvalue weighted by Gasteiger charge is -2.14. The van der Waals surface area contributed by atoms with Gasteiger partial charge in [-0.1, -0.05) is 0 Å². The molecule has 0 heterocycles. The highest BCUT2D eigenvalue weighted by atomic mass is 32.1. The lowest BCUT2D eigenvalue weighted by atomic mass is 10.4. The molecule has 0 radical (unpaired) electrons. The van der Waals surface area contributed by atoms with Gasteiger partial charge >= 0.3 is 0 Å². The summed E-state index contributed by atoms with van der Waals surface area (Å²) in [6.07, 6.45) is 0.521. The number of amides is 1. The maximum Gasteiger partial charge on any atom is 0.223 e. The molecule has 0 fully saturated rings. The van der Waals surface area contributed by atoms with Crippen LogP contribution in [0.2, 0.25) is 0 Å². The summed E-state index contributed by atoms with van der Waals surface area (Å²) >= 11 is 7.97. The van der Waals surface area contributed by atoms with Crippen LogP contribution in [0.5, 0.6) is 0 Å². The van der Waals surface area contributed by atoms with E-state index in [0.29, 0.717) is 12.2 Å². The Morgan fingerprint density at radius 2 is 2.00 bits per heavy atom. The van der Waals surface area contributed by atoms with Crippen molar-refractivity contribution >= 4 is 31.2 Å². The quantitative estimate of drug-likeness (QED) is 0.609. The van der Waals surface area contributed by atoms with Gasteiger partial charge in [-0.2, -0.15) is 25.3 Å². The van der Waals surface area contributed by atoms with Crippen molar-refractivity contribution in [3.8, 4) is 0 Å². The van der Waals surface area contributed by atoms with Crippen molar-refractivity contribution < 1.29 is 4.79 Å². The fraction of sp³-hybridized carbons (Fsp3) is 0.833. The summed E-state index contributed by atoms with van der Waals surface area (Å²) in [6.45, 7) is 0.718. The molecule has 0 bridgehead atoms. The summed E-state index contributed by atoms with van der Waals surface area (Å²) in [6, 6.07) is 0. The van der Waals surface area contributed by atoms with Crippen LogP contribution >= 0.6 is 25.3 Å². The summed E-state index contributed by atoms with van der Waals surface area (Å²) in [5, 5.41) is 0. The summed E-state index contributed by atoms with van der Waals surface area (Å²) < 4.78 is 0. The molecule has 0 saturated heterocycles. The molecule has 0 aliphatic heterocycles. The molecule has 0 rings (SSSR count). The molecular weight excluding hydrogens is 166 g/mol. The summed E-state index contributed by atoms with van der Waals surface area (Å²) in [5.74, 6) is 1.48. The Morgan fingerprint density at radius 1 is 1.40 bits per heavy atom. The van der Waals surface area contributed by atoms with E-state index in [9.17, 15) is 4.79 Å². The molecule has 0 spiro atoms. The number of carbonyl (C=O) groups is 1. The maximum atomic E-state index is 11.0. The first-order valence-electron chi connectivity index (χ1n) is 3.18. The van der Waals surface area contributed by atoms with E-state index >= 15 is 0 Å². The Bertz CT molecular complexity index is 108. The van der Waals surface area contributed by atoms with Crippen molar-refractivity contribution in [3.63, 3.8) is 0 Å². The van der Waals surface area contributed by atoms with E-state index in [4.69, 9.17) is 0 Å². The van der Waals surface area contributed by atoms with Gasteiger partial charge in [-0.3, -0.25) is 4.79 Å². The van der Waals surface area contributed by atoms with Crippen LogP contribution in [0.15, 0.2) is 0 Å². The number of nitrogens with zero attached hydrogens (tertiary/aromatic N) is 1. The summed E-state index contributed by atoms with van der Waals surface area (Å²) in [5.41, 5.74) is 0. The first-order chi connectivity index (χ1) is 4.72. The largest absolute Gasteiger partial charge is 0.345 e. The second kappa shape index (κ2) is 5.92. The second-order valence-corrected chi connectivity index (χ2v) is 2.91. The molecule has 0 saturated carbocycles. The van der Waals surface area contributed by atoms with E-state index in [0.717, 1.165) is 12.3 Å². The van der Waals surface area contributed by atoms with Crippen LogP contribution in [0.1, 0.15) is 6.42 Å². The highest BCUT2D eigenvalue weighted by Gasteiger charge is 2.04. The van der Waals surface area contributed by atoms with Crippen LogP contribution in [0.25, 0.3) is 0 Å². The fourth-order valence-corrected chi connectivity index (χ4v) is 1.05. The van der Waals surface area contributed by atoms with E-state index in [-0.39, 0.29) is 5.91 Å². The molecule has 0 aromatic carbocycles. The van der Waals surface area contributed by atoms with Gasteiger partial charge in [0, 0.05) is 25.8 Å². The molecule has 0 unspecified atom stereocenters. The molecule has 2 nitrogen and oxygen atoms in total. The lowest BCUT2D eigenvalue weighted by molar-refractivity contribution is -0.129. The van der Waals surface area contributed by atoms with Crippen molar-refractivity contribution in [1.82, 2.24) is 4.90 Å². The zero-order valence-corrected chi connectivity index (χ0v) is 7.87. The Balaban J connectivity index is 3.49. The molecular formula is C6H13NOS2. The van der Waals surface area contributed by atoms with E-state index in [1.807, 2.05) is 0 Å². The predicted molar refractivity (Wildman–Crippen MR) is 50.0 cm³/mol. The number of carbonyl (C=O) groups excluding carboxylic acids is 1. The molecule has 0 N–H and O–H groups in total. The Kier molecular flexibility index (Phi) is 6.02. The highest BCUT2D eigenvalue weighted by molar-refractivity contribution is 7.80. The first kappa shape index (κ1) is 10.2.